The van der Waals surface area contributed by atoms with Gasteiger partial charge in [-0.15, -0.1) is 0 Å². The molecule has 1 unspecified atom stereocenters. The first kappa shape index (κ1) is 16.6. The minimum absolute atomic E-state index is 0.599. The fourth-order valence-corrected chi connectivity index (χ4v) is 1.52. The van der Waals surface area contributed by atoms with Crippen LogP contribution in [0.3, 0.4) is 0 Å². The van der Waals surface area contributed by atoms with Crippen molar-refractivity contribution in [3.8, 4) is 0 Å². The van der Waals surface area contributed by atoms with Crippen molar-refractivity contribution in [3.63, 3.8) is 0 Å². The molecule has 0 radical (unpaired) electrons. The van der Waals surface area contributed by atoms with Crippen LogP contribution in [-0.2, 0) is 0 Å². The minimum Gasteiger partial charge on any atom is -0.253 e. The average Bonchev–Trinajstić information content (AvgIpc) is 2.50. The molecule has 2 aromatic rings. The largest absolute Gasteiger partial charge is 0.253 e. The van der Waals surface area contributed by atoms with Gasteiger partial charge in [0.1, 0.15) is 0 Å². The molecule has 1 aromatic heterocycles. The Balaban J connectivity index is 0.000000659. The summed E-state index contributed by atoms with van der Waals surface area (Å²) in [7, 11) is 0. The molecule has 2 heteroatoms. The van der Waals surface area contributed by atoms with E-state index >= 15 is 0 Å². The first-order chi connectivity index (χ1) is 8.81. The number of nitrogens with zero attached hydrogens (tertiary/aromatic N) is 2. The molecule has 0 aliphatic carbocycles. The summed E-state index contributed by atoms with van der Waals surface area (Å²) in [6.07, 6.45) is 4.62. The molecule has 2 nitrogen and oxygen atoms in total. The fourth-order valence-electron chi connectivity index (χ4n) is 1.52. The van der Waals surface area contributed by atoms with Crippen molar-refractivity contribution >= 4 is 11.0 Å². The molecule has 0 saturated carbocycles. The molecule has 1 heterocycles. The van der Waals surface area contributed by atoms with Crippen LogP contribution in [-0.4, -0.2) is 9.97 Å². The normalized spacial score (nSPS) is 10.8. The van der Waals surface area contributed by atoms with Gasteiger partial charge in [0.25, 0.3) is 0 Å². The van der Waals surface area contributed by atoms with Crippen molar-refractivity contribution in [2.24, 2.45) is 0 Å². The smallest absolute Gasteiger partial charge is 0.0889 e. The molecule has 0 spiro atoms. The summed E-state index contributed by atoms with van der Waals surface area (Å²) in [5.74, 6) is 0.599. The maximum atomic E-state index is 4.30. The van der Waals surface area contributed by atoms with E-state index in [0.717, 1.165) is 17.5 Å². The Labute approximate surface area is 111 Å². The predicted octanol–water partition coefficient (Wildman–Crippen LogP) is 5.20. The monoisotopic (exact) mass is 246 g/mol. The van der Waals surface area contributed by atoms with Gasteiger partial charge in [-0.3, -0.25) is 9.97 Å². The molecule has 100 valence electrons. The van der Waals surface area contributed by atoms with Crippen molar-refractivity contribution in [3.05, 3.63) is 36.2 Å². The summed E-state index contributed by atoms with van der Waals surface area (Å²) in [5.41, 5.74) is 3.31. The molecule has 1 atom stereocenters. The van der Waals surface area contributed by atoms with Crippen molar-refractivity contribution in [2.45, 2.75) is 53.9 Å². The van der Waals surface area contributed by atoms with Crippen LogP contribution in [0.5, 0.6) is 0 Å². The maximum absolute atomic E-state index is 4.30. The zero-order valence-corrected chi connectivity index (χ0v) is 12.6. The summed E-state index contributed by atoms with van der Waals surface area (Å²) < 4.78 is 0. The van der Waals surface area contributed by atoms with Crippen molar-refractivity contribution in [1.29, 1.82) is 0 Å². The molecule has 2 rings (SSSR count). The third-order valence-electron chi connectivity index (χ3n) is 2.67. The lowest BCUT2D eigenvalue weighted by molar-refractivity contribution is 0.734. The van der Waals surface area contributed by atoms with Crippen LogP contribution in [0.25, 0.3) is 11.0 Å². The lowest BCUT2D eigenvalue weighted by Crippen LogP contribution is -1.92. The Morgan fingerprint density at radius 2 is 1.50 bits per heavy atom. The Hall–Kier alpha value is -1.44. The van der Waals surface area contributed by atoms with Crippen LogP contribution in [0.4, 0.5) is 0 Å². The third-order valence-corrected chi connectivity index (χ3v) is 2.67. The standard InChI is InChI=1S/C12H14N2.2C2H6/c1-3-9(2)10-4-5-11-12(8-10)14-7-6-13-11;2*1-2/h4-9H,3H2,1-2H3;2*1-2H3. The van der Waals surface area contributed by atoms with Gasteiger partial charge in [0.15, 0.2) is 0 Å². The van der Waals surface area contributed by atoms with Crippen LogP contribution in [0.15, 0.2) is 30.6 Å². The van der Waals surface area contributed by atoms with Crippen LogP contribution < -0.4 is 0 Å². The van der Waals surface area contributed by atoms with Gasteiger partial charge in [-0.1, -0.05) is 47.6 Å². The van der Waals surface area contributed by atoms with Gasteiger partial charge >= 0.3 is 0 Å². The summed E-state index contributed by atoms with van der Waals surface area (Å²) in [6.45, 7) is 12.4. The van der Waals surface area contributed by atoms with Crippen LogP contribution in [0, 0.1) is 0 Å². The number of rotatable bonds is 2. The summed E-state index contributed by atoms with van der Waals surface area (Å²) >= 11 is 0. The highest BCUT2D eigenvalue weighted by Gasteiger charge is 2.03. The lowest BCUT2D eigenvalue weighted by atomic mass is 9.98. The van der Waals surface area contributed by atoms with Crippen molar-refractivity contribution < 1.29 is 0 Å². The third kappa shape index (κ3) is 4.44. The highest BCUT2D eigenvalue weighted by atomic mass is 14.8. The highest BCUT2D eigenvalue weighted by molar-refractivity contribution is 5.74. The Bertz CT molecular complexity index is 438. The lowest BCUT2D eigenvalue weighted by Gasteiger charge is -2.08. The van der Waals surface area contributed by atoms with Gasteiger partial charge in [0, 0.05) is 12.4 Å². The second-order valence-electron chi connectivity index (χ2n) is 3.61. The van der Waals surface area contributed by atoms with E-state index in [1.165, 1.54) is 5.56 Å². The zero-order valence-electron chi connectivity index (χ0n) is 12.6. The molecule has 18 heavy (non-hydrogen) atoms. The number of hydrogen-bond donors (Lipinski definition) is 0. The number of benzene rings is 1. The Morgan fingerprint density at radius 3 is 2.06 bits per heavy atom. The zero-order chi connectivity index (χ0) is 14.0. The molecule has 0 fully saturated rings. The van der Waals surface area contributed by atoms with E-state index in [0.29, 0.717) is 5.92 Å². The van der Waals surface area contributed by atoms with Crippen LogP contribution in [0.1, 0.15) is 59.4 Å². The molecule has 0 bridgehead atoms. The molecule has 0 amide bonds. The molecule has 0 aliphatic rings. The highest BCUT2D eigenvalue weighted by Crippen LogP contribution is 2.21. The van der Waals surface area contributed by atoms with Gasteiger partial charge in [-0.25, -0.2) is 0 Å². The van der Waals surface area contributed by atoms with Crippen molar-refractivity contribution in [1.82, 2.24) is 9.97 Å². The first-order valence-corrected chi connectivity index (χ1v) is 7.02. The number of fused-ring (bicyclic) bond motifs is 1. The average molecular weight is 246 g/mol. The second kappa shape index (κ2) is 9.58. The molecular formula is C16H26N2. The fraction of sp³-hybridized carbons (Fsp3) is 0.500. The quantitative estimate of drug-likeness (QED) is 0.728. The Morgan fingerprint density at radius 1 is 0.944 bits per heavy atom. The Kier molecular flexibility index (Phi) is 8.81. The van der Waals surface area contributed by atoms with E-state index in [9.17, 15) is 0 Å². The van der Waals surface area contributed by atoms with Gasteiger partial charge in [-0.2, -0.15) is 0 Å². The van der Waals surface area contributed by atoms with E-state index in [1.807, 2.05) is 33.8 Å². The molecule has 0 saturated heterocycles. The second-order valence-corrected chi connectivity index (χ2v) is 3.61. The summed E-state index contributed by atoms with van der Waals surface area (Å²) in [6, 6.07) is 6.32. The van der Waals surface area contributed by atoms with E-state index in [-0.39, 0.29) is 0 Å². The van der Waals surface area contributed by atoms with Gasteiger partial charge in [-0.05, 0) is 30.0 Å². The van der Waals surface area contributed by atoms with Crippen LogP contribution in [0.2, 0.25) is 0 Å². The minimum atomic E-state index is 0.599. The van der Waals surface area contributed by atoms with Gasteiger partial charge in [0.05, 0.1) is 11.0 Å². The van der Waals surface area contributed by atoms with Crippen molar-refractivity contribution in [2.75, 3.05) is 0 Å². The predicted molar refractivity (Wildman–Crippen MR) is 80.9 cm³/mol. The van der Waals surface area contributed by atoms with E-state index in [2.05, 4.69) is 35.9 Å². The number of aromatic nitrogens is 2. The maximum Gasteiger partial charge on any atom is 0.0889 e. The summed E-state index contributed by atoms with van der Waals surface area (Å²) in [5, 5.41) is 0. The first-order valence-electron chi connectivity index (χ1n) is 7.02. The molecule has 1 aromatic carbocycles. The van der Waals surface area contributed by atoms with E-state index < -0.39 is 0 Å². The molecule has 0 aliphatic heterocycles. The molecular weight excluding hydrogens is 220 g/mol. The van der Waals surface area contributed by atoms with Gasteiger partial charge in [0.2, 0.25) is 0 Å². The van der Waals surface area contributed by atoms with Crippen LogP contribution >= 0.6 is 0 Å². The SMILES string of the molecule is CC.CC.CCC(C)c1ccc2nccnc2c1. The molecule has 0 N–H and O–H groups in total. The number of hydrogen-bond acceptors (Lipinski definition) is 2. The van der Waals surface area contributed by atoms with E-state index in [4.69, 9.17) is 0 Å². The summed E-state index contributed by atoms with van der Waals surface area (Å²) in [4.78, 5) is 8.54. The van der Waals surface area contributed by atoms with E-state index in [1.54, 1.807) is 12.4 Å². The topological polar surface area (TPSA) is 25.8 Å². The van der Waals surface area contributed by atoms with Gasteiger partial charge < -0.3 is 0 Å².